The summed E-state index contributed by atoms with van der Waals surface area (Å²) in [5.74, 6) is 1.67. The Bertz CT molecular complexity index is 334. The van der Waals surface area contributed by atoms with Gasteiger partial charge in [-0.05, 0) is 50.9 Å². The third kappa shape index (κ3) is 3.72. The molecule has 1 atom stereocenters. The maximum atomic E-state index is 5.82. The predicted molar refractivity (Wildman–Crippen MR) is 74.8 cm³/mol. The Morgan fingerprint density at radius 1 is 1.28 bits per heavy atom. The number of rotatable bonds is 5. The number of nitrogens with two attached hydrogens (primary N) is 1. The van der Waals surface area contributed by atoms with Gasteiger partial charge in [0, 0.05) is 12.6 Å². The van der Waals surface area contributed by atoms with Gasteiger partial charge in [0.2, 0.25) is 0 Å². The zero-order valence-corrected chi connectivity index (χ0v) is 11.2. The third-order valence-electron chi connectivity index (χ3n) is 3.84. The molecule has 1 aromatic rings. The quantitative estimate of drug-likeness (QED) is 0.867. The van der Waals surface area contributed by atoms with E-state index in [1.807, 2.05) is 30.3 Å². The van der Waals surface area contributed by atoms with Crippen molar-refractivity contribution >= 4 is 0 Å². The highest BCUT2D eigenvalue weighted by Crippen LogP contribution is 2.20. The van der Waals surface area contributed by atoms with Gasteiger partial charge >= 0.3 is 0 Å². The molecule has 0 radical (unpaired) electrons. The fourth-order valence-electron chi connectivity index (χ4n) is 2.44. The number of ether oxygens (including phenoxy) is 1. The summed E-state index contributed by atoms with van der Waals surface area (Å²) in [6.07, 6.45) is 2.44. The maximum Gasteiger partial charge on any atom is 0.119 e. The molecular weight excluding hydrogens is 224 g/mol. The average molecular weight is 248 g/mol. The number of likely N-dealkylation sites (tertiary alicyclic amines) is 1. The average Bonchev–Trinajstić information content (AvgIpc) is 2.46. The van der Waals surface area contributed by atoms with E-state index in [1.165, 1.54) is 12.8 Å². The highest BCUT2D eigenvalue weighted by Gasteiger charge is 2.22. The Kier molecular flexibility index (Phi) is 5.02. The number of hydrogen-bond donors (Lipinski definition) is 1. The summed E-state index contributed by atoms with van der Waals surface area (Å²) >= 11 is 0. The second kappa shape index (κ2) is 6.76. The lowest BCUT2D eigenvalue weighted by Gasteiger charge is -2.35. The minimum atomic E-state index is 0.515. The molecule has 1 aliphatic heterocycles. The normalized spacial score (nSPS) is 19.7. The van der Waals surface area contributed by atoms with Crippen LogP contribution in [0.2, 0.25) is 0 Å². The molecule has 0 aliphatic carbocycles. The number of para-hydroxylation sites is 1. The minimum Gasteiger partial charge on any atom is -0.493 e. The van der Waals surface area contributed by atoms with Crippen LogP contribution in [0.1, 0.15) is 19.8 Å². The highest BCUT2D eigenvalue weighted by atomic mass is 16.5. The van der Waals surface area contributed by atoms with Crippen molar-refractivity contribution in [2.45, 2.75) is 25.8 Å². The van der Waals surface area contributed by atoms with Crippen LogP contribution in [0, 0.1) is 5.92 Å². The summed E-state index contributed by atoms with van der Waals surface area (Å²) in [6, 6.07) is 10.6. The first-order valence-electron chi connectivity index (χ1n) is 6.91. The standard InChI is InChI=1S/C15H24N2O/c1-13(11-16)17-9-7-14(8-10-17)12-18-15-5-3-2-4-6-15/h2-6,13-14H,7-12,16H2,1H3. The first-order chi connectivity index (χ1) is 8.79. The van der Waals surface area contributed by atoms with Crippen LogP contribution in [0.25, 0.3) is 0 Å². The first kappa shape index (κ1) is 13.4. The summed E-state index contributed by atoms with van der Waals surface area (Å²) in [7, 11) is 0. The van der Waals surface area contributed by atoms with Crippen molar-refractivity contribution in [3.05, 3.63) is 30.3 Å². The molecule has 18 heavy (non-hydrogen) atoms. The molecule has 0 spiro atoms. The molecule has 1 saturated heterocycles. The lowest BCUT2D eigenvalue weighted by Crippen LogP contribution is -2.44. The maximum absolute atomic E-state index is 5.82. The molecule has 0 saturated carbocycles. The van der Waals surface area contributed by atoms with Gasteiger partial charge in [-0.1, -0.05) is 18.2 Å². The molecule has 2 N–H and O–H groups in total. The van der Waals surface area contributed by atoms with E-state index >= 15 is 0 Å². The molecule has 2 rings (SSSR count). The van der Waals surface area contributed by atoms with E-state index in [-0.39, 0.29) is 0 Å². The SMILES string of the molecule is CC(CN)N1CCC(COc2ccccc2)CC1. The van der Waals surface area contributed by atoms with Gasteiger partial charge in [-0.3, -0.25) is 4.90 Å². The highest BCUT2D eigenvalue weighted by molar-refractivity contribution is 5.20. The Balaban J connectivity index is 1.71. The monoisotopic (exact) mass is 248 g/mol. The number of nitrogens with zero attached hydrogens (tertiary/aromatic N) is 1. The van der Waals surface area contributed by atoms with Gasteiger partial charge in [0.25, 0.3) is 0 Å². The van der Waals surface area contributed by atoms with Crippen molar-refractivity contribution in [2.24, 2.45) is 11.7 Å². The molecular formula is C15H24N2O. The van der Waals surface area contributed by atoms with Crippen LogP contribution in [0.5, 0.6) is 5.75 Å². The molecule has 3 heteroatoms. The van der Waals surface area contributed by atoms with Gasteiger partial charge < -0.3 is 10.5 Å². The summed E-state index contributed by atoms with van der Waals surface area (Å²) < 4.78 is 5.82. The van der Waals surface area contributed by atoms with Gasteiger partial charge in [0.05, 0.1) is 6.61 Å². The van der Waals surface area contributed by atoms with E-state index in [2.05, 4.69) is 11.8 Å². The second-order valence-electron chi connectivity index (χ2n) is 5.19. The topological polar surface area (TPSA) is 38.5 Å². The molecule has 100 valence electrons. The summed E-state index contributed by atoms with van der Waals surface area (Å²) in [6.45, 7) is 6.11. The molecule has 0 amide bonds. The summed E-state index contributed by atoms with van der Waals surface area (Å²) in [4.78, 5) is 2.49. The minimum absolute atomic E-state index is 0.515. The van der Waals surface area contributed by atoms with Crippen molar-refractivity contribution in [3.63, 3.8) is 0 Å². The number of benzene rings is 1. The van der Waals surface area contributed by atoms with E-state index < -0.39 is 0 Å². The second-order valence-corrected chi connectivity index (χ2v) is 5.19. The van der Waals surface area contributed by atoms with Crippen LogP contribution in [0.3, 0.4) is 0 Å². The van der Waals surface area contributed by atoms with Crippen LogP contribution >= 0.6 is 0 Å². The number of piperidine rings is 1. The zero-order chi connectivity index (χ0) is 12.8. The van der Waals surface area contributed by atoms with Crippen LogP contribution in [-0.4, -0.2) is 37.2 Å². The molecule has 1 aliphatic rings. The molecule has 1 fully saturated rings. The summed E-state index contributed by atoms with van der Waals surface area (Å²) in [5, 5.41) is 0. The Morgan fingerprint density at radius 2 is 1.94 bits per heavy atom. The van der Waals surface area contributed by atoms with E-state index in [0.29, 0.717) is 12.0 Å². The third-order valence-corrected chi connectivity index (χ3v) is 3.84. The Labute approximate surface area is 110 Å². The molecule has 1 heterocycles. The van der Waals surface area contributed by atoms with Gasteiger partial charge in [-0.25, -0.2) is 0 Å². The zero-order valence-electron chi connectivity index (χ0n) is 11.2. The van der Waals surface area contributed by atoms with Crippen LogP contribution in [-0.2, 0) is 0 Å². The van der Waals surface area contributed by atoms with Gasteiger partial charge in [-0.15, -0.1) is 0 Å². The van der Waals surface area contributed by atoms with E-state index in [1.54, 1.807) is 0 Å². The van der Waals surface area contributed by atoms with E-state index in [4.69, 9.17) is 10.5 Å². The molecule has 0 bridgehead atoms. The van der Waals surface area contributed by atoms with Crippen molar-refractivity contribution in [3.8, 4) is 5.75 Å². The smallest absolute Gasteiger partial charge is 0.119 e. The Hall–Kier alpha value is -1.06. The van der Waals surface area contributed by atoms with Crippen molar-refractivity contribution in [1.29, 1.82) is 0 Å². The van der Waals surface area contributed by atoms with Crippen molar-refractivity contribution < 1.29 is 4.74 Å². The van der Waals surface area contributed by atoms with E-state index in [0.717, 1.165) is 32.0 Å². The van der Waals surface area contributed by atoms with Crippen molar-refractivity contribution in [1.82, 2.24) is 4.90 Å². The molecule has 1 unspecified atom stereocenters. The van der Waals surface area contributed by atoms with Gasteiger partial charge in [-0.2, -0.15) is 0 Å². The largest absolute Gasteiger partial charge is 0.493 e. The first-order valence-corrected chi connectivity index (χ1v) is 6.91. The lowest BCUT2D eigenvalue weighted by atomic mass is 9.97. The number of hydrogen-bond acceptors (Lipinski definition) is 3. The van der Waals surface area contributed by atoms with Crippen LogP contribution in [0.4, 0.5) is 0 Å². The van der Waals surface area contributed by atoms with Gasteiger partial charge in [0.15, 0.2) is 0 Å². The van der Waals surface area contributed by atoms with Gasteiger partial charge in [0.1, 0.15) is 5.75 Å². The fraction of sp³-hybridized carbons (Fsp3) is 0.600. The lowest BCUT2D eigenvalue weighted by molar-refractivity contribution is 0.115. The molecule has 0 aromatic heterocycles. The molecule has 1 aromatic carbocycles. The summed E-state index contributed by atoms with van der Waals surface area (Å²) in [5.41, 5.74) is 5.71. The van der Waals surface area contributed by atoms with E-state index in [9.17, 15) is 0 Å². The predicted octanol–water partition coefficient (Wildman–Crippen LogP) is 2.12. The fourth-order valence-corrected chi connectivity index (χ4v) is 2.44. The molecule has 3 nitrogen and oxygen atoms in total. The van der Waals surface area contributed by atoms with Crippen molar-refractivity contribution in [2.75, 3.05) is 26.2 Å². The van der Waals surface area contributed by atoms with Crippen LogP contribution < -0.4 is 10.5 Å². The van der Waals surface area contributed by atoms with Crippen LogP contribution in [0.15, 0.2) is 30.3 Å². The Morgan fingerprint density at radius 3 is 2.56 bits per heavy atom.